The van der Waals surface area contributed by atoms with Crippen LogP contribution in [0.15, 0.2) is 75.8 Å². The Kier molecular flexibility index (Phi) is 3.24. The maximum absolute atomic E-state index is 9.42. The number of rotatable bonds is 2. The second-order valence-electron chi connectivity index (χ2n) is 6.19. The van der Waals surface area contributed by atoms with Crippen molar-refractivity contribution in [3.8, 4) is 28.7 Å². The lowest BCUT2D eigenvalue weighted by Crippen LogP contribution is -1.99. The van der Waals surface area contributed by atoms with Gasteiger partial charge in [-0.2, -0.15) is 5.26 Å². The van der Waals surface area contributed by atoms with Gasteiger partial charge in [0.25, 0.3) is 0 Å². The smallest absolute Gasteiger partial charge is 0.152 e. The largest absolute Gasteiger partial charge is 0.463 e. The number of anilines is 1. The Labute approximate surface area is 154 Å². The molecule has 5 rings (SSSR count). The summed E-state index contributed by atoms with van der Waals surface area (Å²) >= 11 is 0. The van der Waals surface area contributed by atoms with Gasteiger partial charge in [0.1, 0.15) is 28.7 Å². The number of hydrogen-bond donors (Lipinski definition) is 1. The van der Waals surface area contributed by atoms with Crippen LogP contribution >= 0.6 is 0 Å². The lowest BCUT2D eigenvalue weighted by atomic mass is 9.98. The van der Waals surface area contributed by atoms with Crippen molar-refractivity contribution >= 4 is 27.8 Å². The van der Waals surface area contributed by atoms with Crippen molar-refractivity contribution in [3.63, 3.8) is 0 Å². The van der Waals surface area contributed by atoms with Crippen molar-refractivity contribution < 1.29 is 8.83 Å². The van der Waals surface area contributed by atoms with Gasteiger partial charge in [0, 0.05) is 21.9 Å². The fraction of sp³-hybridized carbons (Fsp3) is 0. The SMILES string of the molecule is N#Cc1cc(-c2cccc3c2oc2ccccc23)c(-c2ccco2)nc1N. The van der Waals surface area contributed by atoms with Crippen molar-refractivity contribution in [2.75, 3.05) is 5.73 Å². The Morgan fingerprint density at radius 2 is 1.78 bits per heavy atom. The molecule has 0 radical (unpaired) electrons. The van der Waals surface area contributed by atoms with E-state index in [1.165, 1.54) is 0 Å². The van der Waals surface area contributed by atoms with Gasteiger partial charge < -0.3 is 14.6 Å². The molecule has 5 nitrogen and oxygen atoms in total. The number of nitriles is 1. The van der Waals surface area contributed by atoms with Crippen molar-refractivity contribution in [3.05, 3.63) is 72.5 Å². The van der Waals surface area contributed by atoms with Crippen molar-refractivity contribution in [2.24, 2.45) is 0 Å². The summed E-state index contributed by atoms with van der Waals surface area (Å²) in [5.41, 5.74) is 9.96. The molecular weight excluding hydrogens is 338 g/mol. The number of para-hydroxylation sites is 2. The highest BCUT2D eigenvalue weighted by Crippen LogP contribution is 2.40. The van der Waals surface area contributed by atoms with Gasteiger partial charge >= 0.3 is 0 Å². The number of benzene rings is 2. The molecular formula is C22H13N3O2. The molecule has 5 aromatic rings. The maximum Gasteiger partial charge on any atom is 0.152 e. The van der Waals surface area contributed by atoms with Crippen LogP contribution in [0.1, 0.15) is 5.56 Å². The van der Waals surface area contributed by atoms with E-state index in [1.54, 1.807) is 18.4 Å². The Bertz CT molecular complexity index is 1340. The molecule has 0 aliphatic carbocycles. The van der Waals surface area contributed by atoms with Crippen molar-refractivity contribution in [1.82, 2.24) is 4.98 Å². The number of hydrogen-bond acceptors (Lipinski definition) is 5. The summed E-state index contributed by atoms with van der Waals surface area (Å²) in [6.45, 7) is 0. The molecule has 2 N–H and O–H groups in total. The van der Waals surface area contributed by atoms with Crippen LogP contribution in [0.4, 0.5) is 5.82 Å². The third-order valence-electron chi connectivity index (χ3n) is 4.62. The Morgan fingerprint density at radius 3 is 2.59 bits per heavy atom. The number of nitrogens with two attached hydrogens (primary N) is 1. The van der Waals surface area contributed by atoms with Crippen LogP contribution in [0.25, 0.3) is 44.5 Å². The number of pyridine rings is 1. The van der Waals surface area contributed by atoms with Crippen LogP contribution < -0.4 is 5.73 Å². The van der Waals surface area contributed by atoms with Gasteiger partial charge in [0.2, 0.25) is 0 Å². The van der Waals surface area contributed by atoms with E-state index >= 15 is 0 Å². The van der Waals surface area contributed by atoms with E-state index in [2.05, 4.69) is 11.1 Å². The molecule has 0 unspecified atom stereocenters. The van der Waals surface area contributed by atoms with Gasteiger partial charge in [-0.3, -0.25) is 0 Å². The molecule has 0 spiro atoms. The first-order valence-electron chi connectivity index (χ1n) is 8.41. The van der Waals surface area contributed by atoms with E-state index in [4.69, 9.17) is 14.6 Å². The molecule has 2 aromatic carbocycles. The predicted octanol–water partition coefficient (Wildman–Crippen LogP) is 5.36. The zero-order valence-electron chi connectivity index (χ0n) is 14.1. The van der Waals surface area contributed by atoms with E-state index < -0.39 is 0 Å². The monoisotopic (exact) mass is 351 g/mol. The summed E-state index contributed by atoms with van der Waals surface area (Å²) in [4.78, 5) is 4.44. The van der Waals surface area contributed by atoms with Crippen LogP contribution in [0.2, 0.25) is 0 Å². The molecule has 128 valence electrons. The van der Waals surface area contributed by atoms with E-state index in [9.17, 15) is 5.26 Å². The van der Waals surface area contributed by atoms with Gasteiger partial charge in [-0.15, -0.1) is 0 Å². The molecule has 0 saturated carbocycles. The number of furan rings is 2. The summed E-state index contributed by atoms with van der Waals surface area (Å²) in [6.07, 6.45) is 1.58. The zero-order chi connectivity index (χ0) is 18.4. The molecule has 0 saturated heterocycles. The van der Waals surface area contributed by atoms with Gasteiger partial charge in [-0.25, -0.2) is 4.98 Å². The molecule has 0 aliphatic heterocycles. The molecule has 27 heavy (non-hydrogen) atoms. The second kappa shape index (κ2) is 5.75. The summed E-state index contributed by atoms with van der Waals surface area (Å²) in [5, 5.41) is 11.5. The van der Waals surface area contributed by atoms with E-state index in [0.717, 1.165) is 33.1 Å². The first kappa shape index (κ1) is 15.2. The van der Waals surface area contributed by atoms with Crippen molar-refractivity contribution in [1.29, 1.82) is 5.26 Å². The number of fused-ring (bicyclic) bond motifs is 3. The van der Waals surface area contributed by atoms with Crippen LogP contribution in [0.5, 0.6) is 0 Å². The van der Waals surface area contributed by atoms with Crippen LogP contribution in [-0.2, 0) is 0 Å². The number of aromatic nitrogens is 1. The molecule has 0 aliphatic rings. The van der Waals surface area contributed by atoms with Gasteiger partial charge in [-0.05, 0) is 24.3 Å². The quantitative estimate of drug-likeness (QED) is 0.462. The highest BCUT2D eigenvalue weighted by atomic mass is 16.3. The minimum atomic E-state index is 0.171. The first-order chi connectivity index (χ1) is 13.3. The standard InChI is InChI=1S/C22H13N3O2/c23-12-13-11-17(20(25-22(13)24)19-9-4-10-26-19)16-7-3-6-15-14-5-1-2-8-18(14)27-21(15)16/h1-11H,(H2,24,25). The molecule has 3 heterocycles. The summed E-state index contributed by atoms with van der Waals surface area (Å²) in [5.74, 6) is 0.749. The normalized spacial score (nSPS) is 11.1. The Balaban J connectivity index is 1.89. The third-order valence-corrected chi connectivity index (χ3v) is 4.62. The molecule has 0 fully saturated rings. The van der Waals surface area contributed by atoms with Crippen LogP contribution in [0, 0.1) is 11.3 Å². The zero-order valence-corrected chi connectivity index (χ0v) is 14.1. The van der Waals surface area contributed by atoms with E-state index in [-0.39, 0.29) is 5.82 Å². The number of nitrogen functional groups attached to an aromatic ring is 1. The van der Waals surface area contributed by atoms with Gasteiger partial charge in [0.15, 0.2) is 5.76 Å². The lowest BCUT2D eigenvalue weighted by Gasteiger charge is -2.10. The van der Waals surface area contributed by atoms with E-state index in [0.29, 0.717) is 17.0 Å². The van der Waals surface area contributed by atoms with E-state index in [1.807, 2.05) is 48.5 Å². The summed E-state index contributed by atoms with van der Waals surface area (Å²) in [7, 11) is 0. The molecule has 5 heteroatoms. The fourth-order valence-electron chi connectivity index (χ4n) is 3.38. The highest BCUT2D eigenvalue weighted by molar-refractivity contribution is 6.10. The highest BCUT2D eigenvalue weighted by Gasteiger charge is 2.19. The second-order valence-corrected chi connectivity index (χ2v) is 6.19. The average Bonchev–Trinajstić information content (AvgIpc) is 3.35. The minimum absolute atomic E-state index is 0.171. The predicted molar refractivity (Wildman–Crippen MR) is 104 cm³/mol. The fourth-order valence-corrected chi connectivity index (χ4v) is 3.38. The van der Waals surface area contributed by atoms with Crippen LogP contribution in [0.3, 0.4) is 0 Å². The van der Waals surface area contributed by atoms with Crippen molar-refractivity contribution in [2.45, 2.75) is 0 Å². The van der Waals surface area contributed by atoms with Gasteiger partial charge in [-0.1, -0.05) is 36.4 Å². The van der Waals surface area contributed by atoms with Crippen LogP contribution in [-0.4, -0.2) is 4.98 Å². The minimum Gasteiger partial charge on any atom is -0.463 e. The summed E-state index contributed by atoms with van der Waals surface area (Å²) in [6, 6.07) is 21.3. The number of nitrogens with zero attached hydrogens (tertiary/aromatic N) is 2. The molecule has 3 aromatic heterocycles. The first-order valence-corrected chi connectivity index (χ1v) is 8.41. The lowest BCUT2D eigenvalue weighted by molar-refractivity contribution is 0.580. The molecule has 0 atom stereocenters. The Hall–Kier alpha value is -4.04. The topological polar surface area (TPSA) is 89.0 Å². The Morgan fingerprint density at radius 1 is 0.926 bits per heavy atom. The average molecular weight is 351 g/mol. The molecule has 0 amide bonds. The third kappa shape index (κ3) is 2.28. The summed E-state index contributed by atoms with van der Waals surface area (Å²) < 4.78 is 11.7. The van der Waals surface area contributed by atoms with Gasteiger partial charge in [0.05, 0.1) is 11.8 Å². The maximum atomic E-state index is 9.42. The molecule has 0 bridgehead atoms.